The first kappa shape index (κ1) is 24.1. The monoisotopic (exact) mass is 669 g/mol. The summed E-state index contributed by atoms with van der Waals surface area (Å²) >= 11 is 0. The Bertz CT molecular complexity index is 3310. The summed E-state index contributed by atoms with van der Waals surface area (Å²) in [5.41, 5.74) is 7.80. The molecule has 0 saturated heterocycles. The summed E-state index contributed by atoms with van der Waals surface area (Å²) in [5, 5.41) is 6.24. The molecule has 0 fully saturated rings. The third-order valence-corrected chi connectivity index (χ3v) is 9.88. The number of fused-ring (bicyclic) bond motifs is 6. The Morgan fingerprint density at radius 2 is 1.13 bits per heavy atom. The van der Waals surface area contributed by atoms with Crippen LogP contribution in [0.2, 0.25) is 0 Å². The Morgan fingerprint density at radius 1 is 0.462 bits per heavy atom. The van der Waals surface area contributed by atoms with Crippen LogP contribution in [0.3, 0.4) is 0 Å². The van der Waals surface area contributed by atoms with Crippen LogP contribution in [-0.2, 0) is 0 Å². The number of nitrogens with zero attached hydrogens (tertiary/aromatic N) is 4. The van der Waals surface area contributed by atoms with Crippen molar-refractivity contribution in [2.75, 3.05) is 4.90 Å². The van der Waals surface area contributed by atoms with Crippen molar-refractivity contribution in [2.24, 2.45) is 0 Å². The molecule has 52 heavy (non-hydrogen) atoms. The molecule has 0 aliphatic carbocycles. The summed E-state index contributed by atoms with van der Waals surface area (Å²) in [6.45, 7) is 0. The van der Waals surface area contributed by atoms with Gasteiger partial charge in [-0.15, -0.1) is 0 Å². The van der Waals surface area contributed by atoms with E-state index in [-0.39, 0.29) is 23.0 Å². The highest BCUT2D eigenvalue weighted by Crippen LogP contribution is 2.52. The van der Waals surface area contributed by atoms with Crippen molar-refractivity contribution in [3.05, 3.63) is 170 Å². The molecule has 5 heteroatoms. The van der Waals surface area contributed by atoms with Crippen molar-refractivity contribution in [3.8, 4) is 45.3 Å². The summed E-state index contributed by atoms with van der Waals surface area (Å²) in [6.07, 6.45) is 0. The molecule has 3 heterocycles. The van der Waals surface area contributed by atoms with E-state index in [1.54, 1.807) is 0 Å². The van der Waals surface area contributed by atoms with Gasteiger partial charge >= 0.3 is 0 Å². The molecule has 0 atom stereocenters. The summed E-state index contributed by atoms with van der Waals surface area (Å²) in [5.74, 6) is 0.524. The Morgan fingerprint density at radius 3 is 2.02 bits per heavy atom. The molecule has 1 aliphatic rings. The van der Waals surface area contributed by atoms with Crippen LogP contribution in [0.5, 0.6) is 0 Å². The lowest BCUT2D eigenvalue weighted by Gasteiger charge is -2.34. The maximum atomic E-state index is 8.85. The van der Waals surface area contributed by atoms with Crippen LogP contribution >= 0.6 is 0 Å². The van der Waals surface area contributed by atoms with Gasteiger partial charge in [0.05, 0.1) is 18.2 Å². The van der Waals surface area contributed by atoms with Crippen LogP contribution in [0, 0.1) is 0 Å². The molecule has 0 radical (unpaired) electrons. The fourth-order valence-corrected chi connectivity index (χ4v) is 7.61. The number of rotatable bonds is 4. The van der Waals surface area contributed by atoms with Gasteiger partial charge in [-0.3, -0.25) is 0 Å². The normalized spacial score (nSPS) is 13.5. The SMILES string of the molecule is [2H]c1c([2H])c([2H])c(-c2nc(-c3cccc(N4c5cc6ccccc6cc5-c5cccc6cccc4c56)c3)nc(-c3cccc4oc5ccccc5c34)n2)c([2H])c1[2H]. The van der Waals surface area contributed by atoms with Crippen molar-refractivity contribution in [1.82, 2.24) is 15.0 Å². The van der Waals surface area contributed by atoms with E-state index in [1.807, 2.05) is 60.7 Å². The maximum absolute atomic E-state index is 8.85. The standard InChI is InChI=1S/C47H28N4O/c1-2-12-30(13-3-1)45-48-46(50-47(49-45)37-22-11-25-42-44(37)36-20-6-7-24-41(36)52-42)33-18-8-19-34(26-33)51-39-23-10-17-29-16-9-21-35(43(29)39)38-27-31-14-4-5-15-32(31)28-40(38)51/h1-28H/i1D,2D,3D,12D,13D. The predicted molar refractivity (Wildman–Crippen MR) is 212 cm³/mol. The first-order valence-corrected chi connectivity index (χ1v) is 17.0. The van der Waals surface area contributed by atoms with E-state index in [2.05, 4.69) is 83.8 Å². The molecule has 8 aromatic carbocycles. The van der Waals surface area contributed by atoms with Gasteiger partial charge in [0.25, 0.3) is 0 Å². The number of hydrogen-bond acceptors (Lipinski definition) is 5. The second-order valence-corrected chi connectivity index (χ2v) is 12.9. The van der Waals surface area contributed by atoms with Gasteiger partial charge in [0.2, 0.25) is 0 Å². The Kier molecular flexibility index (Phi) is 5.19. The van der Waals surface area contributed by atoms with Gasteiger partial charge < -0.3 is 9.32 Å². The zero-order valence-electron chi connectivity index (χ0n) is 32.5. The third kappa shape index (κ3) is 4.39. The number of aromatic nitrogens is 3. The zero-order valence-corrected chi connectivity index (χ0v) is 27.5. The number of para-hydroxylation sites is 1. The Labute approximate surface area is 306 Å². The lowest BCUT2D eigenvalue weighted by atomic mass is 9.89. The summed E-state index contributed by atoms with van der Waals surface area (Å²) in [6, 6.07) is 44.8. The summed E-state index contributed by atoms with van der Waals surface area (Å²) in [7, 11) is 0. The van der Waals surface area contributed by atoms with E-state index in [9.17, 15) is 0 Å². The average Bonchev–Trinajstić information content (AvgIpc) is 3.64. The highest BCUT2D eigenvalue weighted by molar-refractivity contribution is 6.16. The van der Waals surface area contributed by atoms with Gasteiger partial charge in [0.15, 0.2) is 17.5 Å². The molecule has 0 N–H and O–H groups in total. The molecule has 242 valence electrons. The molecule has 10 aromatic rings. The van der Waals surface area contributed by atoms with Crippen LogP contribution in [0.25, 0.3) is 88.8 Å². The Balaban J connectivity index is 1.17. The van der Waals surface area contributed by atoms with Crippen molar-refractivity contribution in [2.45, 2.75) is 0 Å². The minimum Gasteiger partial charge on any atom is -0.456 e. The molecule has 0 amide bonds. The molecule has 0 unspecified atom stereocenters. The summed E-state index contributed by atoms with van der Waals surface area (Å²) < 4.78 is 49.1. The molecular weight excluding hydrogens is 637 g/mol. The highest BCUT2D eigenvalue weighted by atomic mass is 16.3. The molecule has 2 aromatic heterocycles. The lowest BCUT2D eigenvalue weighted by Crippen LogP contribution is -2.15. The van der Waals surface area contributed by atoms with Crippen LogP contribution in [-0.4, -0.2) is 15.0 Å². The van der Waals surface area contributed by atoms with Crippen molar-refractivity contribution in [3.63, 3.8) is 0 Å². The lowest BCUT2D eigenvalue weighted by molar-refractivity contribution is 0.669. The second kappa shape index (κ2) is 11.2. The van der Waals surface area contributed by atoms with Crippen molar-refractivity contribution >= 4 is 60.5 Å². The molecule has 1 aliphatic heterocycles. The first-order chi connectivity index (χ1) is 27.8. The number of hydrogen-bond donors (Lipinski definition) is 0. The zero-order chi connectivity index (χ0) is 38.5. The van der Waals surface area contributed by atoms with E-state index in [4.69, 9.17) is 26.2 Å². The predicted octanol–water partition coefficient (Wildman–Crippen LogP) is 12.5. The van der Waals surface area contributed by atoms with Crippen LogP contribution in [0.15, 0.2) is 174 Å². The van der Waals surface area contributed by atoms with Crippen LogP contribution in [0.1, 0.15) is 6.85 Å². The summed E-state index contributed by atoms with van der Waals surface area (Å²) in [4.78, 5) is 17.1. The van der Waals surface area contributed by atoms with E-state index in [0.717, 1.165) is 54.9 Å². The largest absolute Gasteiger partial charge is 0.456 e. The molecule has 0 spiro atoms. The van der Waals surface area contributed by atoms with Gasteiger partial charge in [-0.2, -0.15) is 0 Å². The van der Waals surface area contributed by atoms with Gasteiger partial charge in [-0.25, -0.2) is 15.0 Å². The van der Waals surface area contributed by atoms with Crippen LogP contribution in [0.4, 0.5) is 17.1 Å². The molecule has 0 bridgehead atoms. The number of anilines is 3. The van der Waals surface area contributed by atoms with Gasteiger partial charge in [0.1, 0.15) is 11.2 Å². The quantitative estimate of drug-likeness (QED) is 0.187. The molecule has 11 rings (SSSR count). The minimum atomic E-state index is -0.489. The van der Waals surface area contributed by atoms with Crippen molar-refractivity contribution < 1.29 is 11.3 Å². The molecular formula is C47H28N4O. The van der Waals surface area contributed by atoms with Gasteiger partial charge in [0, 0.05) is 44.1 Å². The fourth-order valence-electron chi connectivity index (χ4n) is 7.61. The van der Waals surface area contributed by atoms with E-state index in [0.29, 0.717) is 22.3 Å². The first-order valence-electron chi connectivity index (χ1n) is 19.5. The number of benzene rings is 8. The van der Waals surface area contributed by atoms with Gasteiger partial charge in [-0.1, -0.05) is 127 Å². The smallest absolute Gasteiger partial charge is 0.164 e. The average molecular weight is 670 g/mol. The van der Waals surface area contributed by atoms with E-state index in [1.165, 1.54) is 5.56 Å². The highest BCUT2D eigenvalue weighted by Gasteiger charge is 2.27. The maximum Gasteiger partial charge on any atom is 0.164 e. The third-order valence-electron chi connectivity index (χ3n) is 9.88. The fraction of sp³-hybridized carbons (Fsp3) is 0. The number of furan rings is 1. The van der Waals surface area contributed by atoms with Crippen LogP contribution < -0.4 is 4.90 Å². The Hall–Kier alpha value is -7.11. The minimum absolute atomic E-state index is 0.0318. The van der Waals surface area contributed by atoms with E-state index >= 15 is 0 Å². The second-order valence-electron chi connectivity index (χ2n) is 12.9. The van der Waals surface area contributed by atoms with Crippen molar-refractivity contribution in [1.29, 1.82) is 0 Å². The van der Waals surface area contributed by atoms with E-state index < -0.39 is 30.2 Å². The van der Waals surface area contributed by atoms with Gasteiger partial charge in [-0.05, 0) is 64.2 Å². The molecule has 5 nitrogen and oxygen atoms in total. The molecule has 0 saturated carbocycles. The topological polar surface area (TPSA) is 55.1 Å².